The molecule has 190 valence electrons. The van der Waals surface area contributed by atoms with Crippen LogP contribution in [0.4, 0.5) is 18.0 Å². The van der Waals surface area contributed by atoms with Crippen molar-refractivity contribution in [3.8, 4) is 11.8 Å². The van der Waals surface area contributed by atoms with Gasteiger partial charge in [0.15, 0.2) is 0 Å². The minimum Gasteiger partial charge on any atom is -0.406 e. The average molecular weight is 501 g/mol. The Balaban J connectivity index is 1.50. The Bertz CT molecular complexity index is 1090. The third-order valence-electron chi connectivity index (χ3n) is 6.63. The minimum atomic E-state index is -4.78. The number of carbonyl (C=O) groups excluding carboxylic acids is 2. The highest BCUT2D eigenvalue weighted by molar-refractivity contribution is 5.94. The van der Waals surface area contributed by atoms with E-state index in [1.165, 1.54) is 12.1 Å². The lowest BCUT2D eigenvalue weighted by atomic mass is 9.87. The molecule has 0 radical (unpaired) electrons. The second-order valence-corrected chi connectivity index (χ2v) is 9.16. The fraction of sp³-hybridized carbons (Fsp3) is 0.423. The topological polar surface area (TPSA) is 85.7 Å². The molecule has 0 saturated carbocycles. The number of piperidine rings is 2. The van der Waals surface area contributed by atoms with Crippen LogP contribution < -0.4 is 10.1 Å². The predicted molar refractivity (Wildman–Crippen MR) is 125 cm³/mol. The van der Waals surface area contributed by atoms with Crippen molar-refractivity contribution >= 4 is 11.9 Å². The van der Waals surface area contributed by atoms with Crippen molar-refractivity contribution in [2.75, 3.05) is 26.2 Å². The van der Waals surface area contributed by atoms with Crippen molar-refractivity contribution in [1.82, 2.24) is 15.1 Å². The number of hydrogen-bond acceptors (Lipinski definition) is 4. The summed E-state index contributed by atoms with van der Waals surface area (Å²) in [7, 11) is 0. The van der Waals surface area contributed by atoms with Gasteiger partial charge in [-0.2, -0.15) is 5.26 Å². The highest BCUT2D eigenvalue weighted by Crippen LogP contribution is 2.31. The molecule has 0 aromatic heterocycles. The van der Waals surface area contributed by atoms with Crippen LogP contribution in [-0.2, 0) is 0 Å². The van der Waals surface area contributed by atoms with Crippen LogP contribution in [0.15, 0.2) is 54.6 Å². The van der Waals surface area contributed by atoms with Gasteiger partial charge in [0.2, 0.25) is 0 Å². The van der Waals surface area contributed by atoms with Crippen molar-refractivity contribution in [2.24, 2.45) is 5.92 Å². The van der Waals surface area contributed by atoms with E-state index in [2.05, 4.69) is 16.1 Å². The number of benzene rings is 2. The number of nitriles is 1. The summed E-state index contributed by atoms with van der Waals surface area (Å²) in [6, 6.07) is 16.2. The molecule has 2 saturated heterocycles. The summed E-state index contributed by atoms with van der Waals surface area (Å²) in [6.45, 7) is 1.67. The zero-order valence-electron chi connectivity index (χ0n) is 19.6. The van der Waals surface area contributed by atoms with Gasteiger partial charge in [-0.05, 0) is 49.1 Å². The number of carbonyl (C=O) groups is 2. The highest BCUT2D eigenvalue weighted by atomic mass is 19.4. The monoisotopic (exact) mass is 500 g/mol. The normalized spacial score (nSPS) is 20.9. The van der Waals surface area contributed by atoms with Gasteiger partial charge in [-0.25, -0.2) is 4.79 Å². The van der Waals surface area contributed by atoms with Crippen LogP contribution in [0.5, 0.6) is 5.75 Å². The molecule has 0 unspecified atom stereocenters. The van der Waals surface area contributed by atoms with Crippen LogP contribution in [0.25, 0.3) is 0 Å². The quantitative estimate of drug-likeness (QED) is 0.669. The lowest BCUT2D eigenvalue weighted by molar-refractivity contribution is -0.274. The van der Waals surface area contributed by atoms with Gasteiger partial charge in [0.1, 0.15) is 5.75 Å². The number of ether oxygens (including phenoxy) is 1. The zero-order chi connectivity index (χ0) is 25.7. The smallest absolute Gasteiger partial charge is 0.406 e. The van der Waals surface area contributed by atoms with E-state index in [-0.39, 0.29) is 35.6 Å². The Morgan fingerprint density at radius 3 is 2.25 bits per heavy atom. The molecule has 0 spiro atoms. The Morgan fingerprint density at radius 1 is 0.972 bits per heavy atom. The van der Waals surface area contributed by atoms with Gasteiger partial charge in [-0.3, -0.25) is 4.79 Å². The van der Waals surface area contributed by atoms with E-state index in [0.29, 0.717) is 51.0 Å². The van der Waals surface area contributed by atoms with Crippen molar-refractivity contribution in [2.45, 2.75) is 37.6 Å². The Kier molecular flexibility index (Phi) is 7.67. The van der Waals surface area contributed by atoms with Gasteiger partial charge in [0, 0.05) is 49.6 Å². The maximum atomic E-state index is 13.3. The summed E-state index contributed by atoms with van der Waals surface area (Å²) in [5, 5.41) is 12.2. The van der Waals surface area contributed by atoms with E-state index in [1.807, 2.05) is 6.07 Å². The number of nitrogens with one attached hydrogen (secondary N) is 1. The maximum absolute atomic E-state index is 13.3. The Hall–Kier alpha value is -3.74. The van der Waals surface area contributed by atoms with Gasteiger partial charge >= 0.3 is 12.4 Å². The first-order valence-corrected chi connectivity index (χ1v) is 11.9. The zero-order valence-corrected chi connectivity index (χ0v) is 19.6. The summed E-state index contributed by atoms with van der Waals surface area (Å²) in [6.07, 6.45) is -3.01. The molecule has 2 aliphatic heterocycles. The summed E-state index contributed by atoms with van der Waals surface area (Å²) in [5.41, 5.74) is 1.26. The van der Waals surface area contributed by atoms with E-state index in [4.69, 9.17) is 5.26 Å². The van der Waals surface area contributed by atoms with Gasteiger partial charge in [-0.15, -0.1) is 13.2 Å². The molecule has 0 aliphatic carbocycles. The van der Waals surface area contributed by atoms with E-state index >= 15 is 0 Å². The molecular weight excluding hydrogens is 473 g/mol. The molecule has 10 heteroatoms. The van der Waals surface area contributed by atoms with Crippen molar-refractivity contribution in [1.29, 1.82) is 5.26 Å². The molecule has 4 rings (SSSR count). The first-order chi connectivity index (χ1) is 17.2. The maximum Gasteiger partial charge on any atom is 0.573 e. The number of urea groups is 1. The first kappa shape index (κ1) is 25.4. The molecule has 1 N–H and O–H groups in total. The van der Waals surface area contributed by atoms with Crippen molar-refractivity contribution in [3.63, 3.8) is 0 Å². The number of likely N-dealkylation sites (tertiary alicyclic amines) is 2. The number of hydrogen-bond donors (Lipinski definition) is 1. The fourth-order valence-electron chi connectivity index (χ4n) is 4.80. The predicted octanol–water partition coefficient (Wildman–Crippen LogP) is 4.53. The van der Waals surface area contributed by atoms with Crippen LogP contribution in [-0.4, -0.2) is 60.3 Å². The standard InChI is InChI=1S/C26H27F3N4O3/c27-26(28,29)36-23-8-6-19(7-9-23)21-14-22(31-24(34)20-4-2-1-3-5-20)17-33(16-21)25(35)32-12-10-18(15-30)11-13-32/h1-9,18,21-22H,10-14,16-17H2,(H,31,34)/t21-,22+/m0/s1. The van der Waals surface area contributed by atoms with Crippen LogP contribution in [0.2, 0.25) is 0 Å². The van der Waals surface area contributed by atoms with E-state index < -0.39 is 6.36 Å². The average Bonchev–Trinajstić information content (AvgIpc) is 2.88. The van der Waals surface area contributed by atoms with Crippen molar-refractivity contribution < 1.29 is 27.5 Å². The summed E-state index contributed by atoms with van der Waals surface area (Å²) in [4.78, 5) is 29.6. The number of amides is 3. The summed E-state index contributed by atoms with van der Waals surface area (Å²) >= 11 is 0. The molecule has 2 fully saturated rings. The van der Waals surface area contributed by atoms with Crippen LogP contribution in [0.3, 0.4) is 0 Å². The van der Waals surface area contributed by atoms with Crippen LogP contribution in [0.1, 0.15) is 41.1 Å². The van der Waals surface area contributed by atoms with E-state index in [1.54, 1.807) is 46.2 Å². The minimum absolute atomic E-state index is 0.0569. The van der Waals surface area contributed by atoms with Gasteiger partial charge < -0.3 is 19.9 Å². The second-order valence-electron chi connectivity index (χ2n) is 9.16. The number of halogens is 3. The largest absolute Gasteiger partial charge is 0.573 e. The molecule has 2 heterocycles. The van der Waals surface area contributed by atoms with Gasteiger partial charge in [0.05, 0.1) is 6.07 Å². The lowest BCUT2D eigenvalue weighted by Gasteiger charge is -2.41. The van der Waals surface area contributed by atoms with Gasteiger partial charge in [0.25, 0.3) is 5.91 Å². The third-order valence-corrected chi connectivity index (χ3v) is 6.63. The number of nitrogens with zero attached hydrogens (tertiary/aromatic N) is 3. The molecule has 2 aliphatic rings. The molecule has 36 heavy (non-hydrogen) atoms. The molecule has 3 amide bonds. The first-order valence-electron chi connectivity index (χ1n) is 11.9. The number of alkyl halides is 3. The highest BCUT2D eigenvalue weighted by Gasteiger charge is 2.35. The molecular formula is C26H27F3N4O3. The van der Waals surface area contributed by atoms with Crippen molar-refractivity contribution in [3.05, 3.63) is 65.7 Å². The van der Waals surface area contributed by atoms with Crippen LogP contribution in [0, 0.1) is 17.2 Å². The SMILES string of the molecule is N#CC1CCN(C(=O)N2C[C@H](NC(=O)c3ccccc3)C[C@H](c3ccc(OC(F)(F)F)cc3)C2)CC1. The van der Waals surface area contributed by atoms with Gasteiger partial charge in [-0.1, -0.05) is 30.3 Å². The number of rotatable bonds is 4. The Labute approximate surface area is 207 Å². The molecule has 2 aromatic carbocycles. The fourth-order valence-corrected chi connectivity index (χ4v) is 4.80. The second kappa shape index (κ2) is 10.9. The third kappa shape index (κ3) is 6.47. The summed E-state index contributed by atoms with van der Waals surface area (Å²) < 4.78 is 41.6. The molecule has 0 bridgehead atoms. The van der Waals surface area contributed by atoms with Crippen LogP contribution >= 0.6 is 0 Å². The summed E-state index contributed by atoms with van der Waals surface area (Å²) in [5.74, 6) is -0.819. The molecule has 2 atom stereocenters. The van der Waals surface area contributed by atoms with E-state index in [9.17, 15) is 22.8 Å². The molecule has 7 nitrogen and oxygen atoms in total. The van der Waals surface area contributed by atoms with E-state index in [0.717, 1.165) is 5.56 Å². The Morgan fingerprint density at radius 2 is 1.64 bits per heavy atom. The lowest BCUT2D eigenvalue weighted by Crippen LogP contribution is -2.56. The molecule has 2 aromatic rings.